The highest BCUT2D eigenvalue weighted by atomic mass is 35.5. The van der Waals surface area contributed by atoms with E-state index in [9.17, 15) is 27.6 Å². The second-order valence-electron chi connectivity index (χ2n) is 7.06. The fraction of sp³-hybridized carbons (Fsp3) is 0.375. The molecule has 0 saturated heterocycles. The van der Waals surface area contributed by atoms with Crippen molar-refractivity contribution in [1.82, 2.24) is 14.8 Å². The Morgan fingerprint density at radius 2 is 1.67 bits per heavy atom. The molecule has 0 bridgehead atoms. The van der Waals surface area contributed by atoms with Crippen LogP contribution in [0.3, 0.4) is 0 Å². The summed E-state index contributed by atoms with van der Waals surface area (Å²) in [6, 6.07) is 5.16. The predicted octanol–water partition coefficient (Wildman–Crippen LogP) is 5.38. The van der Waals surface area contributed by atoms with Gasteiger partial charge in [0.1, 0.15) is 21.2 Å². The number of carbonyl (C=O) groups excluding carboxylic acids is 3. The highest BCUT2D eigenvalue weighted by molar-refractivity contribution is 7.12. The van der Waals surface area contributed by atoms with Crippen molar-refractivity contribution in [3.8, 4) is 5.88 Å². The number of nitrogens with zero attached hydrogens (tertiary/aromatic N) is 3. The van der Waals surface area contributed by atoms with E-state index in [1.54, 1.807) is 25.3 Å². The second-order valence-corrected chi connectivity index (χ2v) is 8.34. The third-order valence-electron chi connectivity index (χ3n) is 4.42. The monoisotopic (exact) mass is 593 g/mol. The number of alkyl halides is 3. The number of pyridine rings is 1. The van der Waals surface area contributed by atoms with Crippen LogP contribution in [-0.2, 0) is 27.4 Å². The summed E-state index contributed by atoms with van der Waals surface area (Å²) >= 11 is 6.97. The van der Waals surface area contributed by atoms with E-state index in [1.165, 1.54) is 39.5 Å². The summed E-state index contributed by atoms with van der Waals surface area (Å²) in [5.41, 5.74) is -0.757. The zero-order chi connectivity index (χ0) is 29.8. The van der Waals surface area contributed by atoms with E-state index < -0.39 is 34.5 Å². The number of aryl methyl sites for hydroxylation is 2. The van der Waals surface area contributed by atoms with Gasteiger partial charge in [0.2, 0.25) is 5.88 Å². The Kier molecular flexibility index (Phi) is 13.4. The zero-order valence-corrected chi connectivity index (χ0v) is 23.5. The average Bonchev–Trinajstić information content (AvgIpc) is 3.47. The minimum atomic E-state index is -4.74. The molecule has 15 heteroatoms. The molecule has 10 nitrogen and oxygen atoms in total. The summed E-state index contributed by atoms with van der Waals surface area (Å²) in [5.74, 6) is -1.50. The van der Waals surface area contributed by atoms with E-state index in [-0.39, 0.29) is 18.5 Å². The molecule has 0 aliphatic heterocycles. The number of thiophene rings is 1. The van der Waals surface area contributed by atoms with Gasteiger partial charge in [-0.3, -0.25) is 4.68 Å². The Morgan fingerprint density at radius 3 is 2.15 bits per heavy atom. The van der Waals surface area contributed by atoms with Crippen LogP contribution in [-0.4, -0.2) is 60.1 Å². The summed E-state index contributed by atoms with van der Waals surface area (Å²) in [4.78, 5) is 38.0. The largest absolute Gasteiger partial charge is 0.480 e. The Hall–Kier alpha value is -3.65. The highest BCUT2D eigenvalue weighted by Gasteiger charge is 2.41. The van der Waals surface area contributed by atoms with Gasteiger partial charge in [0.15, 0.2) is 5.69 Å². The fourth-order valence-electron chi connectivity index (χ4n) is 2.68. The third-order valence-corrected chi connectivity index (χ3v) is 5.85. The van der Waals surface area contributed by atoms with Gasteiger partial charge in [0, 0.05) is 13.2 Å². The van der Waals surface area contributed by atoms with E-state index in [1.807, 2.05) is 18.4 Å². The van der Waals surface area contributed by atoms with Crippen molar-refractivity contribution in [3.05, 3.63) is 62.2 Å². The maximum Gasteiger partial charge on any atom is 0.436 e. The lowest BCUT2D eigenvalue weighted by molar-refractivity contribution is -0.142. The van der Waals surface area contributed by atoms with E-state index in [0.717, 1.165) is 10.2 Å². The maximum absolute atomic E-state index is 12.5. The molecule has 0 atom stereocenters. The molecule has 0 N–H and O–H groups in total. The number of methoxy groups -OCH3 is 2. The van der Waals surface area contributed by atoms with Crippen LogP contribution in [0.25, 0.3) is 0 Å². The molecule has 0 radical (unpaired) electrons. The van der Waals surface area contributed by atoms with Crippen LogP contribution < -0.4 is 4.74 Å². The zero-order valence-electron chi connectivity index (χ0n) is 21.9. The molecule has 3 aromatic rings. The van der Waals surface area contributed by atoms with Crippen LogP contribution in [0, 0.1) is 6.92 Å². The van der Waals surface area contributed by atoms with Gasteiger partial charge in [0.25, 0.3) is 0 Å². The number of hydrogen-bond acceptors (Lipinski definition) is 10. The first-order chi connectivity index (χ1) is 18.3. The molecule has 3 rings (SSSR count). The quantitative estimate of drug-likeness (QED) is 0.274. The number of rotatable bonds is 6. The topological polar surface area (TPSA) is 119 Å². The van der Waals surface area contributed by atoms with Gasteiger partial charge in [-0.05, 0) is 49.9 Å². The Bertz CT molecular complexity index is 1260. The van der Waals surface area contributed by atoms with Gasteiger partial charge < -0.3 is 18.9 Å². The van der Waals surface area contributed by atoms with Crippen LogP contribution in [0.4, 0.5) is 13.2 Å². The summed E-state index contributed by atoms with van der Waals surface area (Å²) in [7, 11) is 3.98. The van der Waals surface area contributed by atoms with Crippen LogP contribution in [0.15, 0.2) is 29.8 Å². The lowest BCUT2D eigenvalue weighted by Crippen LogP contribution is -2.14. The van der Waals surface area contributed by atoms with Gasteiger partial charge in [-0.1, -0.05) is 11.6 Å². The van der Waals surface area contributed by atoms with Crippen molar-refractivity contribution < 1.29 is 46.5 Å². The van der Waals surface area contributed by atoms with Crippen molar-refractivity contribution in [2.24, 2.45) is 7.05 Å². The fourth-order valence-corrected chi connectivity index (χ4v) is 3.71. The molecule has 214 valence electrons. The normalized spacial score (nSPS) is 10.3. The number of halogens is 4. The molecule has 39 heavy (non-hydrogen) atoms. The summed E-state index contributed by atoms with van der Waals surface area (Å²) in [6.45, 7) is 5.59. The molecule has 0 fully saturated rings. The van der Waals surface area contributed by atoms with Crippen LogP contribution in [0.2, 0.25) is 5.15 Å². The van der Waals surface area contributed by atoms with Crippen molar-refractivity contribution in [1.29, 1.82) is 0 Å². The van der Waals surface area contributed by atoms with E-state index in [4.69, 9.17) is 21.1 Å². The standard InChI is InChI=1S/C8H8ClF3N2O2.C8H9NO3.C8H10O2S/c1-3-16-7(15)4-5(8(10,11)12)13-14(2)6(4)9;1-11-7-6(8(10)12-2)4-3-5-9-7;1-3-10-8(9)7-6(2)4-5-11-7/h3H2,1-2H3;3-5H,1-2H3;4-5H,3H2,1-2H3. The average molecular weight is 594 g/mol. The molecule has 0 spiro atoms. The number of aromatic nitrogens is 3. The lowest BCUT2D eigenvalue weighted by atomic mass is 10.2. The van der Waals surface area contributed by atoms with Gasteiger partial charge in [-0.2, -0.15) is 18.3 Å². The SMILES string of the molecule is CCOC(=O)c1c(C(F)(F)F)nn(C)c1Cl.CCOC(=O)c1sccc1C.COC(=O)c1cccnc1OC. The van der Waals surface area contributed by atoms with Crippen molar-refractivity contribution in [2.75, 3.05) is 27.4 Å². The van der Waals surface area contributed by atoms with Gasteiger partial charge in [0.05, 0.1) is 27.4 Å². The predicted molar refractivity (Wildman–Crippen MR) is 136 cm³/mol. The minimum absolute atomic E-state index is 0.0403. The van der Waals surface area contributed by atoms with Gasteiger partial charge in [-0.25, -0.2) is 19.4 Å². The number of carbonyl (C=O) groups is 3. The minimum Gasteiger partial charge on any atom is -0.480 e. The summed E-state index contributed by atoms with van der Waals surface area (Å²) in [5, 5.41) is 4.64. The molecular formula is C24H27ClF3N3O7S. The first-order valence-corrected chi connectivity index (χ1v) is 12.3. The summed E-state index contributed by atoms with van der Waals surface area (Å²) < 4.78 is 57.0. The van der Waals surface area contributed by atoms with Crippen molar-refractivity contribution in [2.45, 2.75) is 26.9 Å². The molecule has 3 aromatic heterocycles. The maximum atomic E-state index is 12.5. The number of esters is 3. The molecule has 0 aliphatic carbocycles. The van der Waals surface area contributed by atoms with Crippen LogP contribution >= 0.6 is 22.9 Å². The first kappa shape index (κ1) is 33.4. The van der Waals surface area contributed by atoms with Crippen LogP contribution in [0.5, 0.6) is 5.88 Å². The lowest BCUT2D eigenvalue weighted by Gasteiger charge is -2.05. The van der Waals surface area contributed by atoms with E-state index in [0.29, 0.717) is 17.0 Å². The van der Waals surface area contributed by atoms with Crippen LogP contribution in [0.1, 0.15) is 55.5 Å². The molecule has 0 saturated carbocycles. The molecule has 0 unspecified atom stereocenters. The Labute approximate surface area is 231 Å². The molecule has 0 amide bonds. The highest BCUT2D eigenvalue weighted by Crippen LogP contribution is 2.34. The van der Waals surface area contributed by atoms with Crippen molar-refractivity contribution >= 4 is 40.8 Å². The molecule has 0 aliphatic rings. The molecule has 0 aromatic carbocycles. The molecule has 3 heterocycles. The summed E-state index contributed by atoms with van der Waals surface area (Å²) in [6.07, 6.45) is -3.20. The molecular weight excluding hydrogens is 567 g/mol. The van der Waals surface area contributed by atoms with Crippen molar-refractivity contribution in [3.63, 3.8) is 0 Å². The number of ether oxygens (including phenoxy) is 4. The van der Waals surface area contributed by atoms with Gasteiger partial charge in [-0.15, -0.1) is 11.3 Å². The second kappa shape index (κ2) is 15.7. The first-order valence-electron chi connectivity index (χ1n) is 11.1. The Morgan fingerprint density at radius 1 is 1.05 bits per heavy atom. The van der Waals surface area contributed by atoms with E-state index >= 15 is 0 Å². The smallest absolute Gasteiger partial charge is 0.436 e. The van der Waals surface area contributed by atoms with E-state index in [2.05, 4.69) is 19.6 Å². The Balaban J connectivity index is 0.000000299. The van der Waals surface area contributed by atoms with Gasteiger partial charge >= 0.3 is 24.1 Å². The number of hydrogen-bond donors (Lipinski definition) is 0. The third kappa shape index (κ3) is 9.55.